The molecule has 2 fully saturated rings. The van der Waals surface area contributed by atoms with E-state index in [0.717, 1.165) is 22.3 Å². The average molecular weight is 927 g/mol. The second-order valence-electron chi connectivity index (χ2n) is 17.6. The van der Waals surface area contributed by atoms with Crippen LogP contribution in [-0.4, -0.2) is 51.4 Å². The number of nitrogens with zero attached hydrogens (tertiary/aromatic N) is 1. The zero-order valence-electron chi connectivity index (χ0n) is 37.3. The van der Waals surface area contributed by atoms with Gasteiger partial charge in [0.15, 0.2) is 5.79 Å². The van der Waals surface area contributed by atoms with Crippen molar-refractivity contribution in [1.29, 1.82) is 0 Å². The molecule has 4 aliphatic rings. The van der Waals surface area contributed by atoms with Gasteiger partial charge < -0.3 is 24.4 Å². The Hall–Kier alpha value is -6.12. The number of sulfonamides is 2. The van der Waals surface area contributed by atoms with E-state index in [2.05, 4.69) is 18.6 Å². The number of nitrogens with one attached hydrogen (secondary N) is 1. The number of benzene rings is 6. The maximum atomic E-state index is 14.4. The van der Waals surface area contributed by atoms with E-state index in [1.165, 1.54) is 18.5 Å². The molecule has 2 aliphatic carbocycles. The van der Waals surface area contributed by atoms with Crippen LogP contribution in [-0.2, 0) is 24.8 Å². The zero-order valence-corrected chi connectivity index (χ0v) is 38.9. The lowest BCUT2D eigenvalue weighted by atomic mass is 9.70. The summed E-state index contributed by atoms with van der Waals surface area (Å²) in [7, 11) is -4.71. The second-order valence-corrected chi connectivity index (χ2v) is 21.1. The molecular weight excluding hydrogens is 873 g/mol. The summed E-state index contributed by atoms with van der Waals surface area (Å²) in [5.41, 5.74) is 4.82. The summed E-state index contributed by atoms with van der Waals surface area (Å²) in [6.07, 6.45) is -0.123. The lowest BCUT2D eigenvalue weighted by Crippen LogP contribution is -2.50. The van der Waals surface area contributed by atoms with E-state index in [0.29, 0.717) is 28.6 Å². The van der Waals surface area contributed by atoms with Gasteiger partial charge in [-0.05, 0) is 58.9 Å². The van der Waals surface area contributed by atoms with Crippen LogP contribution in [0.4, 0.5) is 5.69 Å². The smallest absolute Gasteiger partial charge is 0.264 e. The van der Waals surface area contributed by atoms with E-state index in [1.54, 1.807) is 66.7 Å². The average Bonchev–Trinajstić information content (AvgIpc) is 3.86. The molecule has 66 heavy (non-hydrogen) atoms. The van der Waals surface area contributed by atoms with Gasteiger partial charge in [-0.25, -0.2) is 16.8 Å². The van der Waals surface area contributed by atoms with E-state index in [9.17, 15) is 27.0 Å². The third-order valence-corrected chi connectivity index (χ3v) is 17.2. The number of methoxy groups -OCH3 is 2. The van der Waals surface area contributed by atoms with E-state index in [4.69, 9.17) is 14.2 Å². The first-order valence-corrected chi connectivity index (χ1v) is 25.1. The minimum Gasteiger partial charge on any atom is -0.499 e. The predicted octanol–water partition coefficient (Wildman–Crippen LogP) is 9.64. The van der Waals surface area contributed by atoms with Gasteiger partial charge >= 0.3 is 0 Å². The molecule has 2 bridgehead atoms. The number of hydrogen-bond donors (Lipinski definition) is 3. The van der Waals surface area contributed by atoms with Gasteiger partial charge in [0.2, 0.25) is 0 Å². The molecule has 1 saturated heterocycles. The number of ether oxygens (including phenoxy) is 3. The molecular formula is C53H54N2O9S2. The molecule has 6 aromatic carbocycles. The summed E-state index contributed by atoms with van der Waals surface area (Å²) < 4.78 is 76.1. The minimum atomic E-state index is -4.01. The van der Waals surface area contributed by atoms with Crippen LogP contribution in [0.25, 0.3) is 0 Å². The molecule has 2 heterocycles. The van der Waals surface area contributed by atoms with Crippen molar-refractivity contribution in [2.24, 2.45) is 29.6 Å². The first kappa shape index (κ1) is 45.1. The van der Waals surface area contributed by atoms with Gasteiger partial charge in [-0.1, -0.05) is 148 Å². The van der Waals surface area contributed by atoms with Gasteiger partial charge in [-0.2, -0.15) is 0 Å². The molecule has 6 unspecified atom stereocenters. The molecule has 3 N–H and O–H groups in total. The number of fused-ring (bicyclic) bond motifs is 5. The summed E-state index contributed by atoms with van der Waals surface area (Å²) >= 11 is 0. The molecule has 9 atom stereocenters. The van der Waals surface area contributed by atoms with Crippen LogP contribution in [0.1, 0.15) is 67.0 Å². The standard InChI is InChI=1S/C31H33NO5S.C22H21NO4S/c1-19-24(21-13-7-4-8-14-21)27-30(37-3)29-25(26(19)31(27,33)34)20(2)28(22-15-9-5-10-16-22)32(29)38(35,36)23-17-11-6-12-18-23;1-15-18-13-19(23-28(24,25)17-11-7-4-8-12-17)21(26-2)14-20(18)27-22(15)16-9-5-3-6-10-16/h4-20,24-28,33-34H,1-3H3;3-15,22-23H,1-2H3/t19?,20?,24?,25?,26?,27?,28-;15-,22-/m00/s1. The maximum Gasteiger partial charge on any atom is 0.264 e. The van der Waals surface area contributed by atoms with Crippen molar-refractivity contribution in [1.82, 2.24) is 4.31 Å². The molecule has 10 rings (SSSR count). The van der Waals surface area contributed by atoms with Crippen LogP contribution in [0.5, 0.6) is 11.5 Å². The molecule has 11 nitrogen and oxygen atoms in total. The normalized spacial score (nSPS) is 26.0. The highest BCUT2D eigenvalue weighted by Gasteiger charge is 2.70. The fraction of sp³-hybridized carbons (Fsp3) is 0.283. The van der Waals surface area contributed by atoms with Crippen molar-refractivity contribution >= 4 is 25.7 Å². The summed E-state index contributed by atoms with van der Waals surface area (Å²) in [5, 5.41) is 23.6. The van der Waals surface area contributed by atoms with Crippen LogP contribution < -0.4 is 14.2 Å². The number of aliphatic hydroxyl groups is 2. The first-order chi connectivity index (χ1) is 31.7. The van der Waals surface area contributed by atoms with Crippen LogP contribution in [0.15, 0.2) is 185 Å². The number of hydrogen-bond acceptors (Lipinski definition) is 9. The molecule has 0 radical (unpaired) electrons. The highest BCUT2D eigenvalue weighted by molar-refractivity contribution is 7.92. The van der Waals surface area contributed by atoms with Crippen LogP contribution >= 0.6 is 0 Å². The van der Waals surface area contributed by atoms with E-state index in [-0.39, 0.29) is 39.6 Å². The lowest BCUT2D eigenvalue weighted by Gasteiger charge is -2.42. The highest BCUT2D eigenvalue weighted by atomic mass is 32.2. The maximum absolute atomic E-state index is 14.4. The second kappa shape index (κ2) is 17.6. The largest absolute Gasteiger partial charge is 0.499 e. The lowest BCUT2D eigenvalue weighted by molar-refractivity contribution is -0.233. The molecule has 0 spiro atoms. The summed E-state index contributed by atoms with van der Waals surface area (Å²) in [5.74, 6) is -2.96. The van der Waals surface area contributed by atoms with Crippen molar-refractivity contribution in [2.45, 2.75) is 60.3 Å². The summed E-state index contributed by atoms with van der Waals surface area (Å²) in [6, 6.07) is 49.2. The molecule has 6 aromatic rings. The number of allylic oxidation sites excluding steroid dienone is 1. The van der Waals surface area contributed by atoms with Crippen LogP contribution in [0.2, 0.25) is 0 Å². The van der Waals surface area contributed by atoms with Crippen molar-refractivity contribution in [3.63, 3.8) is 0 Å². The van der Waals surface area contributed by atoms with Crippen LogP contribution in [0, 0.1) is 29.6 Å². The Kier molecular flexibility index (Phi) is 12.0. The highest BCUT2D eigenvalue weighted by Crippen LogP contribution is 2.68. The van der Waals surface area contributed by atoms with Gasteiger partial charge in [0.25, 0.3) is 20.0 Å². The Labute approximate surface area is 387 Å². The Balaban J connectivity index is 0.000000174. The van der Waals surface area contributed by atoms with Gasteiger partial charge in [0, 0.05) is 35.3 Å². The molecule has 2 aliphatic heterocycles. The number of anilines is 1. The molecule has 0 amide bonds. The van der Waals surface area contributed by atoms with Gasteiger partial charge in [-0.15, -0.1) is 0 Å². The van der Waals surface area contributed by atoms with Crippen molar-refractivity contribution < 1.29 is 41.3 Å². The van der Waals surface area contributed by atoms with Crippen molar-refractivity contribution in [3.8, 4) is 11.5 Å². The third kappa shape index (κ3) is 7.61. The Bertz CT molecular complexity index is 2940. The predicted molar refractivity (Wildman–Crippen MR) is 252 cm³/mol. The summed E-state index contributed by atoms with van der Waals surface area (Å²) in [6.45, 7) is 6.15. The third-order valence-electron chi connectivity index (χ3n) is 14.0. The van der Waals surface area contributed by atoms with E-state index in [1.807, 2.05) is 104 Å². The van der Waals surface area contributed by atoms with E-state index < -0.39 is 49.6 Å². The van der Waals surface area contributed by atoms with Crippen molar-refractivity contribution in [2.75, 3.05) is 18.9 Å². The molecule has 13 heteroatoms. The zero-order chi connectivity index (χ0) is 46.5. The monoisotopic (exact) mass is 926 g/mol. The van der Waals surface area contributed by atoms with E-state index >= 15 is 0 Å². The SMILES string of the molecule is COC1=C2C(C(C)[C@@H](c3ccccc3)N2S(=O)(=O)c2ccccc2)C2C(C)C(c3ccccc3)C1C2(O)O.COc1cc2c(cc1NS(=O)(=O)c1ccccc1)[C@H](C)[C@@H](c1ccccc1)O2. The molecule has 0 aromatic heterocycles. The van der Waals surface area contributed by atoms with Gasteiger partial charge in [-0.3, -0.25) is 9.03 Å². The number of rotatable bonds is 10. The van der Waals surface area contributed by atoms with Gasteiger partial charge in [0.1, 0.15) is 23.4 Å². The minimum absolute atomic E-state index is 0.0725. The quantitative estimate of drug-likeness (QED) is 0.114. The molecule has 1 saturated carbocycles. The first-order valence-electron chi connectivity index (χ1n) is 22.1. The Morgan fingerprint density at radius 1 is 0.621 bits per heavy atom. The Morgan fingerprint density at radius 2 is 1.14 bits per heavy atom. The Morgan fingerprint density at radius 3 is 1.68 bits per heavy atom. The van der Waals surface area contributed by atoms with Gasteiger partial charge in [0.05, 0.1) is 47.4 Å². The molecule has 342 valence electrons. The topological polar surface area (TPSA) is 152 Å². The van der Waals surface area contributed by atoms with Crippen LogP contribution in [0.3, 0.4) is 0 Å². The van der Waals surface area contributed by atoms with Crippen molar-refractivity contribution in [3.05, 3.63) is 198 Å². The summed E-state index contributed by atoms with van der Waals surface area (Å²) in [4.78, 5) is 0.394. The fourth-order valence-electron chi connectivity index (χ4n) is 11.2. The fourth-order valence-corrected chi connectivity index (χ4v) is 14.1.